The Morgan fingerprint density at radius 3 is 3.00 bits per heavy atom. The second kappa shape index (κ2) is 3.89. The van der Waals surface area contributed by atoms with Crippen molar-refractivity contribution in [2.75, 3.05) is 23.7 Å². The van der Waals surface area contributed by atoms with Crippen molar-refractivity contribution in [3.05, 3.63) is 30.5 Å². The standard InChI is InChI=1S/C13H15N3O/c14-13-10-2-1-6-15-11(10)3-4-12(13)16-7-5-9(17)8-16/h1-4,6,9,17H,5,7-8,14H2. The number of hydrogen-bond donors (Lipinski definition) is 2. The molecule has 1 saturated heterocycles. The van der Waals surface area contributed by atoms with Crippen molar-refractivity contribution in [3.63, 3.8) is 0 Å². The number of aliphatic hydroxyl groups is 1. The number of aromatic nitrogens is 1. The molecule has 2 aromatic rings. The van der Waals surface area contributed by atoms with Gasteiger partial charge in [-0.25, -0.2) is 0 Å². The molecule has 4 heteroatoms. The Labute approximate surface area is 99.7 Å². The van der Waals surface area contributed by atoms with Gasteiger partial charge in [0.2, 0.25) is 0 Å². The zero-order valence-corrected chi connectivity index (χ0v) is 9.50. The van der Waals surface area contributed by atoms with Gasteiger partial charge in [0, 0.05) is 24.7 Å². The van der Waals surface area contributed by atoms with Crippen molar-refractivity contribution in [2.24, 2.45) is 0 Å². The van der Waals surface area contributed by atoms with Crippen LogP contribution in [0.3, 0.4) is 0 Å². The van der Waals surface area contributed by atoms with Gasteiger partial charge in [-0.3, -0.25) is 4.98 Å². The van der Waals surface area contributed by atoms with E-state index in [1.165, 1.54) is 0 Å². The number of nitrogen functional groups attached to an aromatic ring is 1. The van der Waals surface area contributed by atoms with Crippen molar-refractivity contribution in [3.8, 4) is 0 Å². The molecule has 1 unspecified atom stereocenters. The van der Waals surface area contributed by atoms with Crippen LogP contribution in [0.1, 0.15) is 6.42 Å². The van der Waals surface area contributed by atoms with Crippen molar-refractivity contribution in [1.29, 1.82) is 0 Å². The molecule has 17 heavy (non-hydrogen) atoms. The van der Waals surface area contributed by atoms with Crippen LogP contribution >= 0.6 is 0 Å². The third-order valence-corrected chi connectivity index (χ3v) is 3.31. The number of rotatable bonds is 1. The van der Waals surface area contributed by atoms with E-state index in [0.29, 0.717) is 6.54 Å². The molecule has 0 saturated carbocycles. The highest BCUT2D eigenvalue weighted by Gasteiger charge is 2.22. The van der Waals surface area contributed by atoms with Gasteiger partial charge in [0.25, 0.3) is 0 Å². The van der Waals surface area contributed by atoms with E-state index in [4.69, 9.17) is 5.73 Å². The smallest absolute Gasteiger partial charge is 0.0731 e. The third kappa shape index (κ3) is 1.70. The first-order chi connectivity index (χ1) is 8.25. The van der Waals surface area contributed by atoms with E-state index in [0.717, 1.165) is 35.2 Å². The monoisotopic (exact) mass is 229 g/mol. The molecule has 1 aromatic carbocycles. The molecular formula is C13H15N3O. The third-order valence-electron chi connectivity index (χ3n) is 3.31. The number of aliphatic hydroxyl groups excluding tert-OH is 1. The molecule has 1 fully saturated rings. The first kappa shape index (κ1) is 10.4. The maximum Gasteiger partial charge on any atom is 0.0731 e. The van der Waals surface area contributed by atoms with E-state index in [-0.39, 0.29) is 6.10 Å². The topological polar surface area (TPSA) is 62.4 Å². The molecule has 1 atom stereocenters. The maximum atomic E-state index is 9.57. The van der Waals surface area contributed by atoms with Gasteiger partial charge in [0.15, 0.2) is 0 Å². The fourth-order valence-corrected chi connectivity index (χ4v) is 2.40. The fourth-order valence-electron chi connectivity index (χ4n) is 2.40. The van der Waals surface area contributed by atoms with E-state index in [1.54, 1.807) is 6.20 Å². The molecule has 88 valence electrons. The number of nitrogens with zero attached hydrogens (tertiary/aromatic N) is 2. The summed E-state index contributed by atoms with van der Waals surface area (Å²) in [6.45, 7) is 1.52. The second-order valence-electron chi connectivity index (χ2n) is 4.46. The molecule has 0 radical (unpaired) electrons. The van der Waals surface area contributed by atoms with Crippen LogP contribution in [-0.2, 0) is 0 Å². The fraction of sp³-hybridized carbons (Fsp3) is 0.308. The van der Waals surface area contributed by atoms with Crippen LogP contribution in [0.4, 0.5) is 11.4 Å². The zero-order chi connectivity index (χ0) is 11.8. The summed E-state index contributed by atoms with van der Waals surface area (Å²) in [7, 11) is 0. The predicted octanol–water partition coefficient (Wildman–Crippen LogP) is 1.39. The number of pyridine rings is 1. The normalized spacial score (nSPS) is 20.1. The molecule has 0 bridgehead atoms. The van der Waals surface area contributed by atoms with Crippen LogP contribution in [0.25, 0.3) is 10.9 Å². The Morgan fingerprint density at radius 1 is 1.35 bits per heavy atom. The summed E-state index contributed by atoms with van der Waals surface area (Å²) in [6, 6.07) is 7.84. The van der Waals surface area contributed by atoms with Gasteiger partial charge in [-0.2, -0.15) is 0 Å². The lowest BCUT2D eigenvalue weighted by atomic mass is 10.1. The Hall–Kier alpha value is -1.81. The average Bonchev–Trinajstić information content (AvgIpc) is 2.77. The van der Waals surface area contributed by atoms with E-state index in [2.05, 4.69) is 9.88 Å². The summed E-state index contributed by atoms with van der Waals surface area (Å²) in [4.78, 5) is 6.41. The Bertz CT molecular complexity index is 555. The molecule has 3 N–H and O–H groups in total. The van der Waals surface area contributed by atoms with Gasteiger partial charge in [-0.1, -0.05) is 0 Å². The highest BCUT2D eigenvalue weighted by Crippen LogP contribution is 2.32. The van der Waals surface area contributed by atoms with E-state index in [1.807, 2.05) is 24.3 Å². The number of anilines is 2. The van der Waals surface area contributed by atoms with Crippen molar-refractivity contribution < 1.29 is 5.11 Å². The van der Waals surface area contributed by atoms with Gasteiger partial charge >= 0.3 is 0 Å². The van der Waals surface area contributed by atoms with Crippen molar-refractivity contribution in [1.82, 2.24) is 4.98 Å². The van der Waals surface area contributed by atoms with Crippen LogP contribution in [0.5, 0.6) is 0 Å². The van der Waals surface area contributed by atoms with Gasteiger partial charge in [-0.15, -0.1) is 0 Å². The van der Waals surface area contributed by atoms with Crippen LogP contribution in [0.2, 0.25) is 0 Å². The first-order valence-electron chi connectivity index (χ1n) is 5.82. The predicted molar refractivity (Wildman–Crippen MR) is 69.0 cm³/mol. The number of nitrogens with two attached hydrogens (primary N) is 1. The lowest BCUT2D eigenvalue weighted by Crippen LogP contribution is -2.22. The van der Waals surface area contributed by atoms with Crippen molar-refractivity contribution >= 4 is 22.3 Å². The van der Waals surface area contributed by atoms with E-state index < -0.39 is 0 Å². The van der Waals surface area contributed by atoms with Gasteiger partial charge in [0.05, 0.1) is 23.0 Å². The minimum atomic E-state index is -0.237. The van der Waals surface area contributed by atoms with Gasteiger partial charge in [0.1, 0.15) is 0 Å². The van der Waals surface area contributed by atoms with Gasteiger partial charge < -0.3 is 15.7 Å². The lowest BCUT2D eigenvalue weighted by molar-refractivity contribution is 0.198. The summed E-state index contributed by atoms with van der Waals surface area (Å²) < 4.78 is 0. The SMILES string of the molecule is Nc1c(N2CCC(O)C2)ccc2ncccc12. The molecule has 1 aliphatic rings. The molecule has 0 aliphatic carbocycles. The minimum absolute atomic E-state index is 0.237. The number of fused-ring (bicyclic) bond motifs is 1. The molecule has 0 amide bonds. The first-order valence-corrected chi connectivity index (χ1v) is 5.82. The minimum Gasteiger partial charge on any atom is -0.396 e. The number of hydrogen-bond acceptors (Lipinski definition) is 4. The lowest BCUT2D eigenvalue weighted by Gasteiger charge is -2.20. The van der Waals surface area contributed by atoms with Crippen LogP contribution in [0, 0.1) is 0 Å². The van der Waals surface area contributed by atoms with E-state index in [9.17, 15) is 5.11 Å². The molecule has 1 aliphatic heterocycles. The molecule has 0 spiro atoms. The second-order valence-corrected chi connectivity index (χ2v) is 4.46. The van der Waals surface area contributed by atoms with Crippen molar-refractivity contribution in [2.45, 2.75) is 12.5 Å². The van der Waals surface area contributed by atoms with Crippen LogP contribution in [0.15, 0.2) is 30.5 Å². The Morgan fingerprint density at radius 2 is 2.24 bits per heavy atom. The van der Waals surface area contributed by atoms with Gasteiger partial charge in [-0.05, 0) is 30.7 Å². The summed E-state index contributed by atoms with van der Waals surface area (Å²) >= 11 is 0. The summed E-state index contributed by atoms with van der Waals surface area (Å²) in [5, 5.41) is 10.5. The quantitative estimate of drug-likeness (QED) is 0.725. The molecule has 4 nitrogen and oxygen atoms in total. The van der Waals surface area contributed by atoms with Crippen LogP contribution in [-0.4, -0.2) is 29.3 Å². The number of β-amino-alcohol motifs (C(OH)–C–C–N with tert-alkyl or cyclic N) is 1. The summed E-state index contributed by atoms with van der Waals surface area (Å²) in [5.74, 6) is 0. The Balaban J connectivity index is 2.08. The molecule has 1 aromatic heterocycles. The van der Waals surface area contributed by atoms with E-state index >= 15 is 0 Å². The maximum absolute atomic E-state index is 9.57. The summed E-state index contributed by atoms with van der Waals surface area (Å²) in [6.07, 6.45) is 2.34. The highest BCUT2D eigenvalue weighted by molar-refractivity contribution is 5.97. The zero-order valence-electron chi connectivity index (χ0n) is 9.50. The van der Waals surface area contributed by atoms with Crippen LogP contribution < -0.4 is 10.6 Å². The molecular weight excluding hydrogens is 214 g/mol. The Kier molecular flexibility index (Phi) is 2.37. The average molecular weight is 229 g/mol. The molecule has 3 rings (SSSR count). The largest absolute Gasteiger partial charge is 0.396 e. The molecule has 2 heterocycles. The summed E-state index contributed by atoms with van der Waals surface area (Å²) in [5.41, 5.74) is 8.85. The highest BCUT2D eigenvalue weighted by atomic mass is 16.3. The number of benzene rings is 1.